The lowest BCUT2D eigenvalue weighted by atomic mass is 10.2. The molecule has 4 N–H and O–H groups in total. The highest BCUT2D eigenvalue weighted by Gasteiger charge is 2.13. The van der Waals surface area contributed by atoms with E-state index in [1.807, 2.05) is 0 Å². The molecule has 0 spiro atoms. The van der Waals surface area contributed by atoms with Crippen LogP contribution in [0.3, 0.4) is 0 Å². The Labute approximate surface area is 106 Å². The molecule has 1 amide bonds. The number of aromatic nitrogens is 2. The molecule has 0 fully saturated rings. The minimum absolute atomic E-state index is 0.0574. The maximum absolute atomic E-state index is 11.4. The van der Waals surface area contributed by atoms with Gasteiger partial charge in [-0.1, -0.05) is 0 Å². The van der Waals surface area contributed by atoms with Gasteiger partial charge in [0.25, 0.3) is 11.1 Å². The van der Waals surface area contributed by atoms with Crippen LogP contribution in [-0.2, 0) is 16.1 Å². The van der Waals surface area contributed by atoms with Gasteiger partial charge >= 0.3 is 5.97 Å². The van der Waals surface area contributed by atoms with Gasteiger partial charge in [0.05, 0.1) is 0 Å². The molecule has 9 nitrogen and oxygen atoms in total. The summed E-state index contributed by atoms with van der Waals surface area (Å²) in [6.45, 7) is -0.448. The van der Waals surface area contributed by atoms with Gasteiger partial charge in [-0.15, -0.1) is 0 Å². The summed E-state index contributed by atoms with van der Waals surface area (Å²) in [4.78, 5) is 43.9. The molecule has 0 radical (unpaired) electrons. The van der Waals surface area contributed by atoms with Crippen LogP contribution in [0, 0.1) is 0 Å². The molecular formula is C10H13N3O6. The molecule has 0 bridgehead atoms. The molecule has 9 heteroatoms. The summed E-state index contributed by atoms with van der Waals surface area (Å²) in [6.07, 6.45) is -1.71. The molecule has 1 aromatic rings. The van der Waals surface area contributed by atoms with Gasteiger partial charge in [-0.05, 0) is 0 Å². The first-order chi connectivity index (χ1) is 8.90. The number of amides is 1. The Balaban J connectivity index is 2.48. The number of aliphatic hydroxyl groups excluding tert-OH is 1. The van der Waals surface area contributed by atoms with Crippen LogP contribution in [0.15, 0.2) is 21.7 Å². The van der Waals surface area contributed by atoms with E-state index >= 15 is 0 Å². The first-order valence-electron chi connectivity index (χ1n) is 5.38. The number of nitrogens with one attached hydrogen (secondary N) is 2. The molecule has 0 aliphatic rings. The molecule has 1 heterocycles. The number of hydrogen-bond acceptors (Lipinski definition) is 5. The number of hydrogen-bond donors (Lipinski definition) is 4. The number of carbonyl (C=O) groups excluding carboxylic acids is 1. The van der Waals surface area contributed by atoms with E-state index in [1.54, 1.807) is 0 Å². The molecular weight excluding hydrogens is 258 g/mol. The van der Waals surface area contributed by atoms with Crippen LogP contribution < -0.4 is 16.4 Å². The zero-order valence-electron chi connectivity index (χ0n) is 9.83. The molecule has 1 unspecified atom stereocenters. The van der Waals surface area contributed by atoms with E-state index in [-0.39, 0.29) is 13.0 Å². The minimum atomic E-state index is -1.56. The van der Waals surface area contributed by atoms with Crippen molar-refractivity contribution < 1.29 is 19.8 Å². The van der Waals surface area contributed by atoms with Crippen LogP contribution in [-0.4, -0.2) is 44.5 Å². The maximum Gasteiger partial charge on any atom is 0.332 e. The largest absolute Gasteiger partial charge is 0.479 e. The highest BCUT2D eigenvalue weighted by molar-refractivity contribution is 5.75. The number of carboxylic acids is 1. The third-order valence-corrected chi connectivity index (χ3v) is 2.22. The van der Waals surface area contributed by atoms with Crippen LogP contribution in [0.1, 0.15) is 6.42 Å². The summed E-state index contributed by atoms with van der Waals surface area (Å²) in [6, 6.07) is 2.07. The number of aliphatic carboxylic acids is 1. The van der Waals surface area contributed by atoms with Crippen molar-refractivity contribution in [2.75, 3.05) is 6.54 Å². The van der Waals surface area contributed by atoms with Crippen LogP contribution in [0.4, 0.5) is 0 Å². The Morgan fingerprint density at radius 1 is 1.37 bits per heavy atom. The fraction of sp³-hybridized carbons (Fsp3) is 0.400. The standard InChI is InChI=1S/C10H13N3O6/c14-6(10(18)19)3-4-11-8(16)5-13-9(17)2-1-7(15)12-13/h1-2,6,14H,3-5H2,(H,11,16)(H,12,15)(H,18,19). The average Bonchev–Trinajstić information content (AvgIpc) is 2.33. The highest BCUT2D eigenvalue weighted by atomic mass is 16.4. The van der Waals surface area contributed by atoms with Crippen LogP contribution in [0.5, 0.6) is 0 Å². The van der Waals surface area contributed by atoms with E-state index in [2.05, 4.69) is 10.4 Å². The number of aliphatic hydroxyl groups is 1. The van der Waals surface area contributed by atoms with Gasteiger partial charge in [0.15, 0.2) is 6.10 Å². The fourth-order valence-corrected chi connectivity index (χ4v) is 1.25. The third kappa shape index (κ3) is 4.76. The lowest BCUT2D eigenvalue weighted by Gasteiger charge is -2.08. The number of aromatic amines is 1. The van der Waals surface area contributed by atoms with E-state index in [0.29, 0.717) is 0 Å². The zero-order chi connectivity index (χ0) is 14.4. The van der Waals surface area contributed by atoms with E-state index < -0.39 is 35.6 Å². The Hall–Kier alpha value is -2.42. The molecule has 104 valence electrons. The van der Waals surface area contributed by atoms with Gasteiger partial charge in [-0.2, -0.15) is 0 Å². The quantitative estimate of drug-likeness (QED) is 0.450. The first kappa shape index (κ1) is 14.6. The van der Waals surface area contributed by atoms with E-state index in [1.165, 1.54) is 0 Å². The Morgan fingerprint density at radius 3 is 2.68 bits per heavy atom. The second-order valence-electron chi connectivity index (χ2n) is 3.73. The van der Waals surface area contributed by atoms with Crippen molar-refractivity contribution in [3.05, 3.63) is 32.8 Å². The van der Waals surface area contributed by atoms with Gasteiger partial charge in [0.2, 0.25) is 5.91 Å². The van der Waals surface area contributed by atoms with Crippen molar-refractivity contribution in [3.63, 3.8) is 0 Å². The Bertz CT molecular complexity index is 575. The van der Waals surface area contributed by atoms with Gasteiger partial charge in [-0.25, -0.2) is 9.48 Å². The van der Waals surface area contributed by atoms with Crippen molar-refractivity contribution in [3.8, 4) is 0 Å². The van der Waals surface area contributed by atoms with Crippen LogP contribution in [0.25, 0.3) is 0 Å². The topological polar surface area (TPSA) is 141 Å². The lowest BCUT2D eigenvalue weighted by molar-refractivity contribution is -0.147. The SMILES string of the molecule is O=C(Cn1[nH]c(=O)ccc1=O)NCCC(O)C(=O)O. The highest BCUT2D eigenvalue weighted by Crippen LogP contribution is 1.89. The van der Waals surface area contributed by atoms with Crippen molar-refractivity contribution in [1.82, 2.24) is 15.1 Å². The molecule has 0 aromatic carbocycles. The lowest BCUT2D eigenvalue weighted by Crippen LogP contribution is -2.37. The Kier molecular flexibility index (Phi) is 5.01. The van der Waals surface area contributed by atoms with Crippen molar-refractivity contribution in [2.45, 2.75) is 19.1 Å². The summed E-state index contributed by atoms with van der Waals surface area (Å²) in [5.41, 5.74) is -1.06. The molecule has 0 saturated carbocycles. The summed E-state index contributed by atoms with van der Waals surface area (Å²) < 4.78 is 0.825. The minimum Gasteiger partial charge on any atom is -0.479 e. The number of carboxylic acid groups (broad SMARTS) is 1. The smallest absolute Gasteiger partial charge is 0.332 e. The van der Waals surface area contributed by atoms with Crippen molar-refractivity contribution in [1.29, 1.82) is 0 Å². The average molecular weight is 271 g/mol. The monoisotopic (exact) mass is 271 g/mol. The first-order valence-corrected chi connectivity index (χ1v) is 5.38. The second kappa shape index (κ2) is 6.50. The maximum atomic E-state index is 11.4. The predicted molar refractivity (Wildman–Crippen MR) is 62.6 cm³/mol. The molecule has 1 aromatic heterocycles. The summed E-state index contributed by atoms with van der Waals surface area (Å²) in [5.74, 6) is -1.96. The molecule has 1 atom stereocenters. The fourth-order valence-electron chi connectivity index (χ4n) is 1.25. The van der Waals surface area contributed by atoms with Gasteiger partial charge in [0, 0.05) is 25.1 Å². The number of nitrogens with zero attached hydrogens (tertiary/aromatic N) is 1. The number of H-pyrrole nitrogens is 1. The molecule has 0 aliphatic heterocycles. The summed E-state index contributed by atoms with van der Waals surface area (Å²) >= 11 is 0. The van der Waals surface area contributed by atoms with Crippen LogP contribution in [0.2, 0.25) is 0 Å². The third-order valence-electron chi connectivity index (χ3n) is 2.22. The van der Waals surface area contributed by atoms with Gasteiger partial charge in [-0.3, -0.25) is 19.5 Å². The zero-order valence-corrected chi connectivity index (χ0v) is 9.83. The normalized spacial score (nSPS) is 11.8. The Morgan fingerprint density at radius 2 is 2.05 bits per heavy atom. The van der Waals surface area contributed by atoms with Crippen LogP contribution >= 0.6 is 0 Å². The number of carbonyl (C=O) groups is 2. The van der Waals surface area contributed by atoms with E-state index in [9.17, 15) is 19.2 Å². The van der Waals surface area contributed by atoms with Crippen molar-refractivity contribution >= 4 is 11.9 Å². The predicted octanol–water partition coefficient (Wildman–Crippen LogP) is -2.51. The van der Waals surface area contributed by atoms with Gasteiger partial charge < -0.3 is 15.5 Å². The molecule has 0 saturated heterocycles. The van der Waals surface area contributed by atoms with Gasteiger partial charge in [0.1, 0.15) is 6.54 Å². The van der Waals surface area contributed by atoms with E-state index in [4.69, 9.17) is 10.2 Å². The number of rotatable bonds is 6. The van der Waals surface area contributed by atoms with E-state index in [0.717, 1.165) is 16.8 Å². The summed E-state index contributed by atoms with van der Waals surface area (Å²) in [7, 11) is 0. The second-order valence-corrected chi connectivity index (χ2v) is 3.73. The molecule has 0 aliphatic carbocycles. The van der Waals surface area contributed by atoms with Crippen molar-refractivity contribution in [2.24, 2.45) is 0 Å². The summed E-state index contributed by atoms with van der Waals surface area (Å²) in [5, 5.41) is 21.8. The molecule has 1 rings (SSSR count). The molecule has 19 heavy (non-hydrogen) atoms.